The molecule has 6 nitrogen and oxygen atoms in total. The maximum atomic E-state index is 11.2. The van der Waals surface area contributed by atoms with Crippen LogP contribution < -0.4 is 0 Å². The molecule has 2 N–H and O–H groups in total. The Balaban J connectivity index is 1.43. The van der Waals surface area contributed by atoms with Crippen molar-refractivity contribution in [3.63, 3.8) is 0 Å². The first-order valence-electron chi connectivity index (χ1n) is 10.8. The lowest BCUT2D eigenvalue weighted by molar-refractivity contribution is -0.155. The van der Waals surface area contributed by atoms with Crippen LogP contribution in [0.15, 0.2) is 0 Å². The number of carbonyl (C=O) groups is 2. The highest BCUT2D eigenvalue weighted by Crippen LogP contribution is 2.21. The van der Waals surface area contributed by atoms with E-state index in [0.29, 0.717) is 25.7 Å². The van der Waals surface area contributed by atoms with Gasteiger partial charge in [0.1, 0.15) is 12.2 Å². The van der Waals surface area contributed by atoms with E-state index in [2.05, 4.69) is 0 Å². The van der Waals surface area contributed by atoms with E-state index in [9.17, 15) is 19.8 Å². The number of aliphatic hydroxyl groups excluding tert-OH is 2. The second kappa shape index (κ2) is 12.3. The lowest BCUT2D eigenvalue weighted by atomic mass is 9.98. The Morgan fingerprint density at radius 3 is 1.56 bits per heavy atom. The van der Waals surface area contributed by atoms with Gasteiger partial charge in [0.2, 0.25) is 0 Å². The summed E-state index contributed by atoms with van der Waals surface area (Å²) in [4.78, 5) is 22.5. The Labute approximate surface area is 162 Å². The second-order valence-electron chi connectivity index (χ2n) is 8.11. The molecule has 4 atom stereocenters. The molecule has 0 spiro atoms. The maximum absolute atomic E-state index is 11.2. The van der Waals surface area contributed by atoms with Gasteiger partial charge in [-0.2, -0.15) is 0 Å². The standard InChI is InChI=1S/C21H36O6/c22-16(8-2-10-18-12-4-14-20(24)26-18)6-1-7-17(23)9-3-11-19-13-5-15-21(25)27-19/h16-19,22-23H,1-15H2. The van der Waals surface area contributed by atoms with Crippen LogP contribution in [0, 0.1) is 0 Å². The monoisotopic (exact) mass is 384 g/mol. The van der Waals surface area contributed by atoms with Gasteiger partial charge in [0.25, 0.3) is 0 Å². The van der Waals surface area contributed by atoms with Gasteiger partial charge in [0.15, 0.2) is 0 Å². The SMILES string of the molecule is O=C1CCCC(CCCC(O)CCCC(O)CCCC2CCCC(=O)O2)O1. The number of carbonyl (C=O) groups excluding carboxylic acids is 2. The minimum Gasteiger partial charge on any atom is -0.462 e. The van der Waals surface area contributed by atoms with Crippen LogP contribution in [0.2, 0.25) is 0 Å². The topological polar surface area (TPSA) is 93.1 Å². The summed E-state index contributed by atoms with van der Waals surface area (Å²) in [5.74, 6) is -0.190. The Morgan fingerprint density at radius 1 is 0.741 bits per heavy atom. The van der Waals surface area contributed by atoms with E-state index in [0.717, 1.165) is 70.6 Å². The molecule has 2 aliphatic rings. The van der Waals surface area contributed by atoms with E-state index in [1.54, 1.807) is 0 Å². The molecule has 0 aromatic carbocycles. The summed E-state index contributed by atoms with van der Waals surface area (Å²) in [5.41, 5.74) is 0. The van der Waals surface area contributed by atoms with E-state index in [4.69, 9.17) is 9.47 Å². The lowest BCUT2D eigenvalue weighted by Crippen LogP contribution is -2.23. The molecule has 2 saturated heterocycles. The minimum absolute atomic E-state index is 0.0312. The number of hydrogen-bond donors (Lipinski definition) is 2. The van der Waals surface area contributed by atoms with Crippen LogP contribution in [0.3, 0.4) is 0 Å². The molecule has 27 heavy (non-hydrogen) atoms. The van der Waals surface area contributed by atoms with E-state index in [-0.39, 0.29) is 36.4 Å². The fourth-order valence-electron chi connectivity index (χ4n) is 4.00. The van der Waals surface area contributed by atoms with Crippen LogP contribution in [0.4, 0.5) is 0 Å². The summed E-state index contributed by atoms with van der Waals surface area (Å²) in [6.07, 6.45) is 11.2. The van der Waals surface area contributed by atoms with Crippen molar-refractivity contribution < 1.29 is 29.3 Å². The summed E-state index contributed by atoms with van der Waals surface area (Å²) >= 11 is 0. The first-order chi connectivity index (χ1) is 13.0. The minimum atomic E-state index is -0.349. The first kappa shape index (κ1) is 22.2. The Bertz CT molecular complexity index is 412. The number of rotatable bonds is 12. The molecule has 0 saturated carbocycles. The fraction of sp³-hybridized carbons (Fsp3) is 0.905. The molecule has 2 aliphatic heterocycles. The van der Waals surface area contributed by atoms with Gasteiger partial charge in [-0.25, -0.2) is 0 Å². The van der Waals surface area contributed by atoms with Crippen molar-refractivity contribution in [1.29, 1.82) is 0 Å². The molecule has 0 aliphatic carbocycles. The number of cyclic esters (lactones) is 2. The number of esters is 2. The number of aliphatic hydroxyl groups is 2. The number of hydrogen-bond acceptors (Lipinski definition) is 6. The van der Waals surface area contributed by atoms with Crippen LogP contribution in [0.5, 0.6) is 0 Å². The molecule has 0 amide bonds. The van der Waals surface area contributed by atoms with Crippen LogP contribution in [0.25, 0.3) is 0 Å². The maximum Gasteiger partial charge on any atom is 0.306 e. The van der Waals surface area contributed by atoms with Crippen molar-refractivity contribution in [2.45, 2.75) is 121 Å². The summed E-state index contributed by atoms with van der Waals surface area (Å²) in [5, 5.41) is 20.2. The fourth-order valence-corrected chi connectivity index (χ4v) is 4.00. The van der Waals surface area contributed by atoms with Gasteiger partial charge in [0.05, 0.1) is 12.2 Å². The molecule has 0 radical (unpaired) electrons. The van der Waals surface area contributed by atoms with Gasteiger partial charge in [-0.3, -0.25) is 9.59 Å². The molecule has 2 rings (SSSR count). The van der Waals surface area contributed by atoms with Gasteiger partial charge in [0, 0.05) is 12.8 Å². The molecular weight excluding hydrogens is 348 g/mol. The van der Waals surface area contributed by atoms with Crippen molar-refractivity contribution in [2.24, 2.45) is 0 Å². The van der Waals surface area contributed by atoms with Crippen molar-refractivity contribution >= 4 is 11.9 Å². The van der Waals surface area contributed by atoms with E-state index in [1.807, 2.05) is 0 Å². The van der Waals surface area contributed by atoms with Gasteiger partial charge in [-0.15, -0.1) is 0 Å². The molecule has 4 unspecified atom stereocenters. The molecular formula is C21H36O6. The Kier molecular flexibility index (Phi) is 10.1. The van der Waals surface area contributed by atoms with Gasteiger partial charge in [-0.1, -0.05) is 0 Å². The average molecular weight is 385 g/mol. The first-order valence-corrected chi connectivity index (χ1v) is 10.8. The summed E-state index contributed by atoms with van der Waals surface area (Å²) in [7, 11) is 0. The van der Waals surface area contributed by atoms with Gasteiger partial charge >= 0.3 is 11.9 Å². The summed E-state index contributed by atoms with van der Waals surface area (Å²) < 4.78 is 10.6. The molecule has 6 heteroatoms. The highest BCUT2D eigenvalue weighted by atomic mass is 16.5. The third-order valence-corrected chi connectivity index (χ3v) is 5.61. The van der Waals surface area contributed by atoms with Gasteiger partial charge in [-0.05, 0) is 83.5 Å². The lowest BCUT2D eigenvalue weighted by Gasteiger charge is -2.23. The van der Waals surface area contributed by atoms with Crippen molar-refractivity contribution in [3.05, 3.63) is 0 Å². The number of ether oxygens (including phenoxy) is 2. The van der Waals surface area contributed by atoms with Crippen molar-refractivity contribution in [2.75, 3.05) is 0 Å². The van der Waals surface area contributed by atoms with E-state index in [1.165, 1.54) is 0 Å². The zero-order chi connectivity index (χ0) is 19.5. The second-order valence-corrected chi connectivity index (χ2v) is 8.11. The predicted molar refractivity (Wildman–Crippen MR) is 101 cm³/mol. The quantitative estimate of drug-likeness (QED) is 0.501. The third-order valence-electron chi connectivity index (χ3n) is 5.61. The Morgan fingerprint density at radius 2 is 1.15 bits per heavy atom. The van der Waals surface area contributed by atoms with Gasteiger partial charge < -0.3 is 19.7 Å². The Hall–Kier alpha value is -1.14. The molecule has 156 valence electrons. The van der Waals surface area contributed by atoms with Crippen LogP contribution >= 0.6 is 0 Å². The third kappa shape index (κ3) is 9.56. The van der Waals surface area contributed by atoms with Crippen LogP contribution in [-0.2, 0) is 19.1 Å². The molecule has 2 fully saturated rings. The summed E-state index contributed by atoms with van der Waals surface area (Å²) in [6, 6.07) is 0. The normalized spacial score (nSPS) is 25.6. The smallest absolute Gasteiger partial charge is 0.306 e. The van der Waals surface area contributed by atoms with E-state index < -0.39 is 0 Å². The summed E-state index contributed by atoms with van der Waals surface area (Å²) in [6.45, 7) is 0. The zero-order valence-electron chi connectivity index (χ0n) is 16.4. The van der Waals surface area contributed by atoms with Crippen molar-refractivity contribution in [1.82, 2.24) is 0 Å². The average Bonchev–Trinajstić information content (AvgIpc) is 2.62. The predicted octanol–water partition coefficient (Wildman–Crippen LogP) is 3.41. The highest BCUT2D eigenvalue weighted by molar-refractivity contribution is 5.70. The van der Waals surface area contributed by atoms with E-state index >= 15 is 0 Å². The molecule has 2 heterocycles. The highest BCUT2D eigenvalue weighted by Gasteiger charge is 2.21. The molecule has 0 bridgehead atoms. The zero-order valence-corrected chi connectivity index (χ0v) is 16.4. The van der Waals surface area contributed by atoms with Crippen molar-refractivity contribution in [3.8, 4) is 0 Å². The largest absolute Gasteiger partial charge is 0.462 e. The van der Waals surface area contributed by atoms with Crippen LogP contribution in [-0.4, -0.2) is 46.6 Å². The molecule has 0 aromatic heterocycles. The molecule has 0 aromatic rings. The van der Waals surface area contributed by atoms with Crippen LogP contribution in [0.1, 0.15) is 96.3 Å².